The van der Waals surface area contributed by atoms with E-state index < -0.39 is 0 Å². The van der Waals surface area contributed by atoms with E-state index in [-0.39, 0.29) is 11.8 Å². The lowest BCUT2D eigenvalue weighted by molar-refractivity contribution is 0.0533. The molecule has 0 N–H and O–H groups in total. The molecule has 0 radical (unpaired) electrons. The smallest absolute Gasteiger partial charge is 0.257 e. The Labute approximate surface area is 158 Å². The Morgan fingerprint density at radius 2 is 1.50 bits per heavy atom. The van der Waals surface area contributed by atoms with Crippen molar-refractivity contribution < 1.29 is 14.3 Å². The lowest BCUT2D eigenvalue weighted by atomic mass is 10.1. The minimum atomic E-state index is -0.0624. The highest BCUT2D eigenvalue weighted by Gasteiger charge is 2.26. The number of carbonyl (C=O) groups is 2. The van der Waals surface area contributed by atoms with Crippen LogP contribution < -0.4 is 4.74 Å². The second kappa shape index (κ2) is 8.23. The summed E-state index contributed by atoms with van der Waals surface area (Å²) in [6, 6.07) is 14.1. The predicted molar refractivity (Wildman–Crippen MR) is 101 cm³/mol. The molecule has 0 aromatic heterocycles. The molecule has 26 heavy (non-hydrogen) atoms. The number of benzene rings is 2. The first kappa shape index (κ1) is 18.3. The highest BCUT2D eigenvalue weighted by molar-refractivity contribution is 6.30. The fraction of sp³-hybridized carbons (Fsp3) is 0.300. The van der Waals surface area contributed by atoms with Gasteiger partial charge < -0.3 is 14.5 Å². The van der Waals surface area contributed by atoms with Crippen molar-refractivity contribution in [2.45, 2.75) is 6.92 Å². The van der Waals surface area contributed by atoms with Crippen LogP contribution in [0.2, 0.25) is 5.02 Å². The van der Waals surface area contributed by atoms with Gasteiger partial charge in [-0.25, -0.2) is 0 Å². The standard InChI is InChI=1S/C20H21ClN2O3/c1-2-26-18-6-4-3-5-17(18)20(25)23-13-11-22(12-14-23)19(24)15-7-9-16(21)10-8-15/h3-10H,2,11-14H2,1H3. The van der Waals surface area contributed by atoms with E-state index in [0.29, 0.717) is 54.7 Å². The van der Waals surface area contributed by atoms with Gasteiger partial charge in [-0.15, -0.1) is 0 Å². The van der Waals surface area contributed by atoms with Gasteiger partial charge in [0.1, 0.15) is 5.75 Å². The molecule has 2 amide bonds. The molecule has 6 heteroatoms. The van der Waals surface area contributed by atoms with Crippen molar-refractivity contribution in [3.8, 4) is 5.75 Å². The van der Waals surface area contributed by atoms with E-state index >= 15 is 0 Å². The Kier molecular flexibility index (Phi) is 5.78. The monoisotopic (exact) mass is 372 g/mol. The van der Waals surface area contributed by atoms with Crippen molar-refractivity contribution in [2.24, 2.45) is 0 Å². The van der Waals surface area contributed by atoms with Gasteiger partial charge in [-0.2, -0.15) is 0 Å². The van der Waals surface area contributed by atoms with E-state index in [0.717, 1.165) is 0 Å². The lowest BCUT2D eigenvalue weighted by Crippen LogP contribution is -2.50. The summed E-state index contributed by atoms with van der Waals surface area (Å²) < 4.78 is 5.55. The first-order chi connectivity index (χ1) is 12.6. The molecule has 0 spiro atoms. The van der Waals surface area contributed by atoms with Crippen LogP contribution in [0.15, 0.2) is 48.5 Å². The van der Waals surface area contributed by atoms with E-state index in [2.05, 4.69) is 0 Å². The quantitative estimate of drug-likeness (QED) is 0.827. The molecule has 1 fully saturated rings. The van der Waals surface area contributed by atoms with Crippen LogP contribution in [0.25, 0.3) is 0 Å². The number of hydrogen-bond acceptors (Lipinski definition) is 3. The van der Waals surface area contributed by atoms with Crippen molar-refractivity contribution in [3.63, 3.8) is 0 Å². The molecular weight excluding hydrogens is 352 g/mol. The van der Waals surface area contributed by atoms with Crippen molar-refractivity contribution in [1.29, 1.82) is 0 Å². The molecule has 3 rings (SSSR count). The number of para-hydroxylation sites is 1. The topological polar surface area (TPSA) is 49.9 Å². The summed E-state index contributed by atoms with van der Waals surface area (Å²) in [7, 11) is 0. The summed E-state index contributed by atoms with van der Waals surface area (Å²) in [6.45, 7) is 4.40. The first-order valence-corrected chi connectivity index (χ1v) is 9.04. The third-order valence-electron chi connectivity index (χ3n) is 4.36. The molecule has 5 nitrogen and oxygen atoms in total. The molecular formula is C20H21ClN2O3. The first-order valence-electron chi connectivity index (χ1n) is 8.66. The summed E-state index contributed by atoms with van der Waals surface area (Å²) >= 11 is 5.87. The van der Waals surface area contributed by atoms with Crippen LogP contribution >= 0.6 is 11.6 Å². The minimum Gasteiger partial charge on any atom is -0.493 e. The number of rotatable bonds is 4. The van der Waals surface area contributed by atoms with Crippen molar-refractivity contribution in [3.05, 3.63) is 64.7 Å². The number of ether oxygens (including phenoxy) is 1. The second-order valence-corrected chi connectivity index (χ2v) is 6.46. The molecule has 1 saturated heterocycles. The van der Waals surface area contributed by atoms with Crippen molar-refractivity contribution in [2.75, 3.05) is 32.8 Å². The van der Waals surface area contributed by atoms with Gasteiger partial charge in [0.05, 0.1) is 12.2 Å². The second-order valence-electron chi connectivity index (χ2n) is 6.02. The zero-order valence-electron chi connectivity index (χ0n) is 14.7. The average molecular weight is 373 g/mol. The number of piperazine rings is 1. The number of halogens is 1. The molecule has 136 valence electrons. The summed E-state index contributed by atoms with van der Waals surface area (Å²) in [5, 5.41) is 0.602. The van der Waals surface area contributed by atoms with E-state index in [4.69, 9.17) is 16.3 Å². The number of carbonyl (C=O) groups excluding carboxylic acids is 2. The maximum Gasteiger partial charge on any atom is 0.257 e. The highest BCUT2D eigenvalue weighted by atomic mass is 35.5. The Morgan fingerprint density at radius 3 is 2.12 bits per heavy atom. The molecule has 2 aromatic carbocycles. The zero-order valence-corrected chi connectivity index (χ0v) is 15.4. The number of amides is 2. The SMILES string of the molecule is CCOc1ccccc1C(=O)N1CCN(C(=O)c2ccc(Cl)cc2)CC1. The van der Waals surface area contributed by atoms with Gasteiger partial charge in [-0.3, -0.25) is 9.59 Å². The third-order valence-corrected chi connectivity index (χ3v) is 4.61. The van der Waals surface area contributed by atoms with E-state index in [1.807, 2.05) is 19.1 Å². The molecule has 0 bridgehead atoms. The maximum absolute atomic E-state index is 12.8. The predicted octanol–water partition coefficient (Wildman–Crippen LogP) is 3.34. The molecule has 0 saturated carbocycles. The van der Waals surface area contributed by atoms with Gasteiger partial charge in [0.15, 0.2) is 0 Å². The van der Waals surface area contributed by atoms with Crippen LogP contribution in [0.4, 0.5) is 0 Å². The Morgan fingerprint density at radius 1 is 0.923 bits per heavy atom. The third kappa shape index (κ3) is 3.99. The van der Waals surface area contributed by atoms with Crippen LogP contribution in [0.5, 0.6) is 5.75 Å². The minimum absolute atomic E-state index is 0.0384. The van der Waals surface area contributed by atoms with Gasteiger partial charge in [0, 0.05) is 36.8 Å². The summed E-state index contributed by atoms with van der Waals surface area (Å²) in [4.78, 5) is 28.9. The maximum atomic E-state index is 12.8. The number of nitrogens with zero attached hydrogens (tertiary/aromatic N) is 2. The highest BCUT2D eigenvalue weighted by Crippen LogP contribution is 2.21. The van der Waals surface area contributed by atoms with E-state index in [9.17, 15) is 9.59 Å². The fourth-order valence-corrected chi connectivity index (χ4v) is 3.11. The summed E-state index contributed by atoms with van der Waals surface area (Å²) in [5.74, 6) is 0.496. The van der Waals surface area contributed by atoms with Gasteiger partial charge in [0.25, 0.3) is 11.8 Å². The van der Waals surface area contributed by atoms with Crippen molar-refractivity contribution in [1.82, 2.24) is 9.80 Å². The molecule has 1 heterocycles. The molecule has 0 atom stereocenters. The van der Waals surface area contributed by atoms with Crippen LogP contribution in [-0.2, 0) is 0 Å². The summed E-state index contributed by atoms with van der Waals surface area (Å²) in [5.41, 5.74) is 1.17. The normalized spacial score (nSPS) is 14.2. The zero-order chi connectivity index (χ0) is 18.5. The van der Waals surface area contributed by atoms with Crippen LogP contribution in [0.3, 0.4) is 0 Å². The Hall–Kier alpha value is -2.53. The van der Waals surface area contributed by atoms with Gasteiger partial charge in [-0.1, -0.05) is 23.7 Å². The molecule has 2 aromatic rings. The molecule has 0 aliphatic carbocycles. The fourth-order valence-electron chi connectivity index (χ4n) is 2.98. The molecule has 1 aliphatic heterocycles. The number of hydrogen-bond donors (Lipinski definition) is 0. The van der Waals surface area contributed by atoms with Gasteiger partial charge in [-0.05, 0) is 43.3 Å². The average Bonchev–Trinajstić information content (AvgIpc) is 2.68. The Balaban J connectivity index is 1.64. The molecule has 0 unspecified atom stereocenters. The largest absolute Gasteiger partial charge is 0.493 e. The van der Waals surface area contributed by atoms with Crippen LogP contribution in [0.1, 0.15) is 27.6 Å². The van der Waals surface area contributed by atoms with Gasteiger partial charge >= 0.3 is 0 Å². The van der Waals surface area contributed by atoms with Crippen molar-refractivity contribution >= 4 is 23.4 Å². The van der Waals surface area contributed by atoms with E-state index in [1.165, 1.54) is 0 Å². The van der Waals surface area contributed by atoms with Crippen LogP contribution in [0, 0.1) is 0 Å². The Bertz CT molecular complexity index is 784. The van der Waals surface area contributed by atoms with E-state index in [1.54, 1.807) is 46.2 Å². The van der Waals surface area contributed by atoms with Gasteiger partial charge in [0.2, 0.25) is 0 Å². The summed E-state index contributed by atoms with van der Waals surface area (Å²) in [6.07, 6.45) is 0. The molecule has 1 aliphatic rings. The van der Waals surface area contributed by atoms with Crippen LogP contribution in [-0.4, -0.2) is 54.4 Å². The lowest BCUT2D eigenvalue weighted by Gasteiger charge is -2.35.